The van der Waals surface area contributed by atoms with Crippen LogP contribution in [0.5, 0.6) is 0 Å². The molecule has 1 N–H and O–H groups in total. The quantitative estimate of drug-likeness (QED) is 0.926. The number of nitrogens with zero attached hydrogens (tertiary/aromatic N) is 1. The average Bonchev–Trinajstić information content (AvgIpc) is 3.07. The highest BCUT2D eigenvalue weighted by molar-refractivity contribution is 7.09. The third-order valence-corrected chi connectivity index (χ3v) is 4.37. The Hall–Kier alpha value is -1.56. The van der Waals surface area contributed by atoms with E-state index in [0.29, 0.717) is 19.5 Å². The van der Waals surface area contributed by atoms with E-state index in [-0.39, 0.29) is 5.91 Å². The van der Waals surface area contributed by atoms with Crippen LogP contribution >= 0.6 is 11.3 Å². The Kier molecular flexibility index (Phi) is 5.45. The van der Waals surface area contributed by atoms with Gasteiger partial charge in [-0.15, -0.1) is 11.3 Å². The molecule has 22 heavy (non-hydrogen) atoms. The minimum absolute atomic E-state index is 0.0834. The summed E-state index contributed by atoms with van der Waals surface area (Å²) in [5.74, 6) is -0.0834. The van der Waals surface area contributed by atoms with Crippen molar-refractivity contribution in [1.29, 1.82) is 0 Å². The topological polar surface area (TPSA) is 58.6 Å². The molecule has 1 saturated heterocycles. The number of rotatable bonds is 4. The fourth-order valence-corrected chi connectivity index (χ4v) is 3.17. The summed E-state index contributed by atoms with van der Waals surface area (Å²) < 4.78 is 5.37. The summed E-state index contributed by atoms with van der Waals surface area (Å²) in [7, 11) is 0. The number of carbonyl (C=O) groups is 2. The second kappa shape index (κ2) is 7.13. The first-order valence-corrected chi connectivity index (χ1v) is 8.54. The molecule has 122 valence electrons. The molecule has 1 aliphatic rings. The van der Waals surface area contributed by atoms with Gasteiger partial charge < -0.3 is 10.1 Å². The van der Waals surface area contributed by atoms with Crippen molar-refractivity contribution < 1.29 is 14.3 Å². The van der Waals surface area contributed by atoms with Gasteiger partial charge in [0.1, 0.15) is 11.6 Å². The number of amides is 2. The molecule has 2 amide bonds. The molecule has 1 aromatic heterocycles. The molecule has 1 atom stereocenters. The van der Waals surface area contributed by atoms with E-state index in [1.165, 1.54) is 4.88 Å². The predicted octanol–water partition coefficient (Wildman–Crippen LogP) is 2.81. The third kappa shape index (κ3) is 4.73. The van der Waals surface area contributed by atoms with Crippen LogP contribution in [0.25, 0.3) is 0 Å². The van der Waals surface area contributed by atoms with Gasteiger partial charge >= 0.3 is 6.09 Å². The number of hydrogen-bond acceptors (Lipinski definition) is 4. The lowest BCUT2D eigenvalue weighted by Crippen LogP contribution is -2.47. The molecule has 0 radical (unpaired) electrons. The highest BCUT2D eigenvalue weighted by Gasteiger charge is 2.36. The molecule has 0 saturated carbocycles. The molecule has 1 aliphatic heterocycles. The molecular weight excluding hydrogens is 300 g/mol. The van der Waals surface area contributed by atoms with Gasteiger partial charge in [0.15, 0.2) is 0 Å². The van der Waals surface area contributed by atoms with Gasteiger partial charge in [0.25, 0.3) is 0 Å². The van der Waals surface area contributed by atoms with Crippen molar-refractivity contribution in [2.45, 2.75) is 51.7 Å². The minimum atomic E-state index is -0.542. The number of hydrogen-bond donors (Lipinski definition) is 1. The van der Waals surface area contributed by atoms with Gasteiger partial charge in [0.2, 0.25) is 5.91 Å². The summed E-state index contributed by atoms with van der Waals surface area (Å²) in [6.07, 6.45) is 1.96. The molecule has 1 aromatic rings. The Morgan fingerprint density at radius 3 is 2.86 bits per heavy atom. The minimum Gasteiger partial charge on any atom is -0.444 e. The molecule has 0 aromatic carbocycles. The predicted molar refractivity (Wildman–Crippen MR) is 87.0 cm³/mol. The first-order valence-electron chi connectivity index (χ1n) is 7.66. The van der Waals surface area contributed by atoms with Gasteiger partial charge in [-0.05, 0) is 51.5 Å². The Morgan fingerprint density at radius 2 is 2.23 bits per heavy atom. The van der Waals surface area contributed by atoms with Crippen molar-refractivity contribution in [1.82, 2.24) is 10.2 Å². The lowest BCUT2D eigenvalue weighted by molar-refractivity contribution is -0.125. The molecule has 0 spiro atoms. The molecular formula is C16H24N2O3S. The third-order valence-electron chi connectivity index (χ3n) is 3.43. The Labute approximate surface area is 135 Å². The average molecular weight is 324 g/mol. The van der Waals surface area contributed by atoms with Gasteiger partial charge in [0.05, 0.1) is 0 Å². The van der Waals surface area contributed by atoms with E-state index < -0.39 is 17.7 Å². The van der Waals surface area contributed by atoms with Crippen LogP contribution in [0.15, 0.2) is 17.5 Å². The molecule has 0 unspecified atom stereocenters. The first kappa shape index (κ1) is 16.8. The van der Waals surface area contributed by atoms with Crippen LogP contribution in [0, 0.1) is 0 Å². The van der Waals surface area contributed by atoms with Gasteiger partial charge in [-0.3, -0.25) is 9.69 Å². The van der Waals surface area contributed by atoms with Crippen molar-refractivity contribution in [3.63, 3.8) is 0 Å². The van der Waals surface area contributed by atoms with Crippen molar-refractivity contribution in [3.05, 3.63) is 22.4 Å². The van der Waals surface area contributed by atoms with Crippen LogP contribution in [0.3, 0.4) is 0 Å². The molecule has 1 fully saturated rings. The lowest BCUT2D eigenvalue weighted by Gasteiger charge is -2.28. The maximum Gasteiger partial charge on any atom is 0.410 e. The zero-order chi connectivity index (χ0) is 16.2. The Balaban J connectivity index is 1.84. The fraction of sp³-hybridized carbons (Fsp3) is 0.625. The summed E-state index contributed by atoms with van der Waals surface area (Å²) >= 11 is 1.68. The molecule has 0 aliphatic carbocycles. The summed E-state index contributed by atoms with van der Waals surface area (Å²) in [4.78, 5) is 27.3. The number of carbonyl (C=O) groups excluding carboxylic acids is 2. The molecule has 2 heterocycles. The molecule has 0 bridgehead atoms. The molecule has 6 heteroatoms. The SMILES string of the molecule is CC(C)(C)OC(=O)N1CCC[C@H]1C(=O)NCCc1cccs1. The zero-order valence-corrected chi connectivity index (χ0v) is 14.2. The maximum absolute atomic E-state index is 12.3. The summed E-state index contributed by atoms with van der Waals surface area (Å²) in [5, 5.41) is 4.96. The van der Waals surface area contributed by atoms with Crippen molar-refractivity contribution in [2.75, 3.05) is 13.1 Å². The van der Waals surface area contributed by atoms with Crippen molar-refractivity contribution in [3.8, 4) is 0 Å². The Morgan fingerprint density at radius 1 is 1.45 bits per heavy atom. The molecule has 5 nitrogen and oxygen atoms in total. The van der Waals surface area contributed by atoms with Crippen molar-refractivity contribution in [2.24, 2.45) is 0 Å². The second-order valence-electron chi connectivity index (χ2n) is 6.45. The van der Waals surface area contributed by atoms with Gasteiger partial charge in [-0.1, -0.05) is 6.07 Å². The standard InChI is InChI=1S/C16H24N2O3S/c1-16(2,3)21-15(20)18-10-4-7-13(18)14(19)17-9-8-12-6-5-11-22-12/h5-6,11,13H,4,7-10H2,1-3H3,(H,17,19)/t13-/m0/s1. The van der Waals surface area contributed by atoms with Crippen LogP contribution in [-0.4, -0.2) is 41.6 Å². The van der Waals surface area contributed by atoms with Crippen LogP contribution < -0.4 is 5.32 Å². The van der Waals surface area contributed by atoms with Crippen LogP contribution in [0.2, 0.25) is 0 Å². The van der Waals surface area contributed by atoms with E-state index in [0.717, 1.165) is 12.8 Å². The van der Waals surface area contributed by atoms with E-state index in [9.17, 15) is 9.59 Å². The second-order valence-corrected chi connectivity index (χ2v) is 7.48. The fourth-order valence-electron chi connectivity index (χ4n) is 2.46. The highest BCUT2D eigenvalue weighted by Crippen LogP contribution is 2.21. The number of ether oxygens (including phenoxy) is 1. The van der Waals surface area contributed by atoms with E-state index in [2.05, 4.69) is 11.4 Å². The van der Waals surface area contributed by atoms with Crippen molar-refractivity contribution >= 4 is 23.3 Å². The largest absolute Gasteiger partial charge is 0.444 e. The van der Waals surface area contributed by atoms with E-state index >= 15 is 0 Å². The lowest BCUT2D eigenvalue weighted by atomic mass is 10.2. The summed E-state index contributed by atoms with van der Waals surface area (Å²) in [6, 6.07) is 3.65. The first-order chi connectivity index (χ1) is 10.4. The zero-order valence-electron chi connectivity index (χ0n) is 13.4. The number of nitrogens with one attached hydrogen (secondary N) is 1. The summed E-state index contributed by atoms with van der Waals surface area (Å²) in [6.45, 7) is 6.67. The Bertz CT molecular complexity index is 508. The van der Waals surface area contributed by atoms with Gasteiger partial charge in [0, 0.05) is 18.0 Å². The van der Waals surface area contributed by atoms with Crippen LogP contribution in [-0.2, 0) is 16.0 Å². The van der Waals surface area contributed by atoms with Crippen LogP contribution in [0.1, 0.15) is 38.5 Å². The van der Waals surface area contributed by atoms with Crippen LogP contribution in [0.4, 0.5) is 4.79 Å². The van der Waals surface area contributed by atoms with Gasteiger partial charge in [-0.2, -0.15) is 0 Å². The summed E-state index contributed by atoms with van der Waals surface area (Å²) in [5.41, 5.74) is -0.542. The monoisotopic (exact) mass is 324 g/mol. The highest BCUT2D eigenvalue weighted by atomic mass is 32.1. The number of thiophene rings is 1. The van der Waals surface area contributed by atoms with Gasteiger partial charge in [-0.25, -0.2) is 4.79 Å². The normalized spacial score (nSPS) is 18.3. The van der Waals surface area contributed by atoms with E-state index in [4.69, 9.17) is 4.74 Å². The number of likely N-dealkylation sites (tertiary alicyclic amines) is 1. The van der Waals surface area contributed by atoms with E-state index in [1.54, 1.807) is 16.2 Å². The smallest absolute Gasteiger partial charge is 0.410 e. The van der Waals surface area contributed by atoms with E-state index in [1.807, 2.05) is 32.2 Å². The molecule has 2 rings (SSSR count). The maximum atomic E-state index is 12.3.